The highest BCUT2D eigenvalue weighted by Gasteiger charge is 2.49. The summed E-state index contributed by atoms with van der Waals surface area (Å²) in [5, 5.41) is 8.85. The highest BCUT2D eigenvalue weighted by molar-refractivity contribution is 5.90. The van der Waals surface area contributed by atoms with E-state index in [1.165, 1.54) is 7.11 Å². The maximum atomic E-state index is 11.4. The molecule has 0 amide bonds. The molecule has 0 aliphatic heterocycles. The molecule has 0 unspecified atom stereocenters. The van der Waals surface area contributed by atoms with Gasteiger partial charge in [0.25, 0.3) is 0 Å². The Labute approximate surface area is 98.4 Å². The zero-order chi connectivity index (χ0) is 12.6. The minimum absolute atomic E-state index is 0.0422. The fraction of sp³-hybridized carbons (Fsp3) is 0.500. The number of aryl methyl sites for hydroxylation is 1. The highest BCUT2D eigenvalue weighted by atomic mass is 16.5. The first-order valence-corrected chi connectivity index (χ1v) is 5.39. The van der Waals surface area contributed by atoms with E-state index >= 15 is 0 Å². The number of furan rings is 1. The maximum Gasteiger partial charge on any atom is 0.341 e. The van der Waals surface area contributed by atoms with Gasteiger partial charge in [-0.2, -0.15) is 0 Å². The molecule has 0 radical (unpaired) electrons. The van der Waals surface area contributed by atoms with Crippen LogP contribution in [0.15, 0.2) is 10.5 Å². The molecule has 1 aliphatic carbocycles. The third kappa shape index (κ3) is 2.05. The molecular formula is C12H14O5. The molecule has 17 heavy (non-hydrogen) atoms. The zero-order valence-corrected chi connectivity index (χ0v) is 9.78. The van der Waals surface area contributed by atoms with Gasteiger partial charge in [-0.05, 0) is 25.8 Å². The molecule has 0 saturated heterocycles. The number of carboxylic acid groups (broad SMARTS) is 1. The Morgan fingerprint density at radius 3 is 2.65 bits per heavy atom. The molecule has 5 nitrogen and oxygen atoms in total. The number of hydrogen-bond donors (Lipinski definition) is 1. The monoisotopic (exact) mass is 238 g/mol. The first kappa shape index (κ1) is 11.7. The lowest BCUT2D eigenvalue weighted by molar-refractivity contribution is -0.137. The van der Waals surface area contributed by atoms with Crippen LogP contribution in [0.5, 0.6) is 0 Å². The van der Waals surface area contributed by atoms with Crippen LogP contribution in [0.1, 0.15) is 41.1 Å². The standard InChI is InChI=1S/C12H14O5/c1-7-8(11(15)16-2)5-9(17-7)12(3-4-12)6-10(13)14/h5H,3-4,6H2,1-2H3,(H,13,14). The summed E-state index contributed by atoms with van der Waals surface area (Å²) < 4.78 is 10.1. The van der Waals surface area contributed by atoms with E-state index in [0.717, 1.165) is 12.8 Å². The smallest absolute Gasteiger partial charge is 0.341 e. The lowest BCUT2D eigenvalue weighted by Crippen LogP contribution is -2.12. The fourth-order valence-corrected chi connectivity index (χ4v) is 2.01. The predicted octanol–water partition coefficient (Wildman–Crippen LogP) is 1.88. The van der Waals surface area contributed by atoms with Gasteiger partial charge in [0.05, 0.1) is 13.5 Å². The molecule has 92 valence electrons. The third-order valence-corrected chi connectivity index (χ3v) is 3.19. The Kier molecular flexibility index (Phi) is 2.69. The van der Waals surface area contributed by atoms with Gasteiger partial charge >= 0.3 is 11.9 Å². The first-order chi connectivity index (χ1) is 7.98. The van der Waals surface area contributed by atoms with Crippen LogP contribution in [0.3, 0.4) is 0 Å². The highest BCUT2D eigenvalue weighted by Crippen LogP contribution is 2.51. The second-order valence-electron chi connectivity index (χ2n) is 4.42. The third-order valence-electron chi connectivity index (χ3n) is 3.19. The summed E-state index contributed by atoms with van der Waals surface area (Å²) in [5.74, 6) is -0.249. The topological polar surface area (TPSA) is 76.7 Å². The van der Waals surface area contributed by atoms with E-state index in [1.807, 2.05) is 0 Å². The van der Waals surface area contributed by atoms with Crippen molar-refractivity contribution in [2.45, 2.75) is 31.6 Å². The first-order valence-electron chi connectivity index (χ1n) is 5.39. The Bertz CT molecular complexity index is 467. The quantitative estimate of drug-likeness (QED) is 0.810. The minimum Gasteiger partial charge on any atom is -0.481 e. The van der Waals surface area contributed by atoms with Crippen molar-refractivity contribution >= 4 is 11.9 Å². The summed E-state index contributed by atoms with van der Waals surface area (Å²) in [6, 6.07) is 1.61. The molecule has 0 atom stereocenters. The van der Waals surface area contributed by atoms with Crippen LogP contribution in [-0.4, -0.2) is 24.2 Å². The molecule has 0 spiro atoms. The van der Waals surface area contributed by atoms with Gasteiger partial charge in [0.15, 0.2) is 0 Å². The maximum absolute atomic E-state index is 11.4. The number of carboxylic acids is 1. The minimum atomic E-state index is -0.851. The lowest BCUT2D eigenvalue weighted by atomic mass is 9.99. The molecule has 0 bridgehead atoms. The van der Waals surface area contributed by atoms with Gasteiger partial charge in [0, 0.05) is 5.41 Å². The van der Waals surface area contributed by atoms with Crippen LogP contribution >= 0.6 is 0 Å². The lowest BCUT2D eigenvalue weighted by Gasteiger charge is -2.07. The predicted molar refractivity (Wildman–Crippen MR) is 57.9 cm³/mol. The van der Waals surface area contributed by atoms with Crippen LogP contribution in [0.4, 0.5) is 0 Å². The number of carbonyl (C=O) groups excluding carboxylic acids is 1. The van der Waals surface area contributed by atoms with Crippen LogP contribution in [-0.2, 0) is 14.9 Å². The van der Waals surface area contributed by atoms with E-state index in [9.17, 15) is 9.59 Å². The number of methoxy groups -OCH3 is 1. The second kappa shape index (κ2) is 3.91. The molecule has 2 rings (SSSR count). The summed E-state index contributed by atoms with van der Waals surface area (Å²) in [7, 11) is 1.30. The Morgan fingerprint density at radius 2 is 2.18 bits per heavy atom. The van der Waals surface area contributed by atoms with Crippen molar-refractivity contribution in [3.63, 3.8) is 0 Å². The van der Waals surface area contributed by atoms with Crippen LogP contribution in [0, 0.1) is 6.92 Å². The van der Waals surface area contributed by atoms with E-state index < -0.39 is 17.4 Å². The van der Waals surface area contributed by atoms with Crippen molar-refractivity contribution < 1.29 is 23.8 Å². The van der Waals surface area contributed by atoms with Crippen molar-refractivity contribution in [3.8, 4) is 0 Å². The number of hydrogen-bond acceptors (Lipinski definition) is 4. The molecule has 5 heteroatoms. The molecule has 1 saturated carbocycles. The Morgan fingerprint density at radius 1 is 1.53 bits per heavy atom. The molecule has 1 fully saturated rings. The largest absolute Gasteiger partial charge is 0.481 e. The van der Waals surface area contributed by atoms with Crippen molar-refractivity contribution in [1.82, 2.24) is 0 Å². The van der Waals surface area contributed by atoms with Crippen molar-refractivity contribution in [2.24, 2.45) is 0 Å². The van der Waals surface area contributed by atoms with Gasteiger partial charge in [-0.3, -0.25) is 4.79 Å². The fourth-order valence-electron chi connectivity index (χ4n) is 2.01. The van der Waals surface area contributed by atoms with E-state index in [4.69, 9.17) is 9.52 Å². The van der Waals surface area contributed by atoms with Crippen LogP contribution in [0.2, 0.25) is 0 Å². The molecule has 1 aromatic heterocycles. The summed E-state index contributed by atoms with van der Waals surface area (Å²) in [6.45, 7) is 1.67. The number of ether oxygens (including phenoxy) is 1. The number of carbonyl (C=O) groups is 2. The van der Waals surface area contributed by atoms with E-state index in [-0.39, 0.29) is 6.42 Å². The SMILES string of the molecule is COC(=O)c1cc(C2(CC(=O)O)CC2)oc1C. The molecule has 0 aromatic carbocycles. The molecule has 1 heterocycles. The van der Waals surface area contributed by atoms with Crippen molar-refractivity contribution in [2.75, 3.05) is 7.11 Å². The Balaban J connectivity index is 2.29. The van der Waals surface area contributed by atoms with Crippen molar-refractivity contribution in [1.29, 1.82) is 0 Å². The van der Waals surface area contributed by atoms with Gasteiger partial charge < -0.3 is 14.3 Å². The molecule has 1 N–H and O–H groups in total. The van der Waals surface area contributed by atoms with E-state index in [2.05, 4.69) is 4.74 Å². The summed E-state index contributed by atoms with van der Waals surface area (Å²) >= 11 is 0. The Hall–Kier alpha value is -1.78. The van der Waals surface area contributed by atoms with E-state index in [0.29, 0.717) is 17.1 Å². The van der Waals surface area contributed by atoms with Gasteiger partial charge in [-0.25, -0.2) is 4.79 Å². The van der Waals surface area contributed by atoms with Crippen LogP contribution in [0.25, 0.3) is 0 Å². The van der Waals surface area contributed by atoms with E-state index in [1.54, 1.807) is 13.0 Å². The average molecular weight is 238 g/mol. The molecule has 1 aromatic rings. The zero-order valence-electron chi connectivity index (χ0n) is 9.78. The summed E-state index contributed by atoms with van der Waals surface area (Å²) in [6.07, 6.45) is 1.61. The number of esters is 1. The van der Waals surface area contributed by atoms with Gasteiger partial charge in [0.1, 0.15) is 17.1 Å². The van der Waals surface area contributed by atoms with Crippen molar-refractivity contribution in [3.05, 3.63) is 23.2 Å². The number of rotatable bonds is 4. The summed E-state index contributed by atoms with van der Waals surface area (Å²) in [5.41, 5.74) is -0.0396. The molecular weight excluding hydrogens is 224 g/mol. The normalized spacial score (nSPS) is 16.6. The van der Waals surface area contributed by atoms with Gasteiger partial charge in [0.2, 0.25) is 0 Å². The average Bonchev–Trinajstić information content (AvgIpc) is 2.92. The molecule has 1 aliphatic rings. The second-order valence-corrected chi connectivity index (χ2v) is 4.42. The van der Waals surface area contributed by atoms with Gasteiger partial charge in [-0.15, -0.1) is 0 Å². The number of aliphatic carboxylic acids is 1. The van der Waals surface area contributed by atoms with Crippen LogP contribution < -0.4 is 0 Å². The van der Waals surface area contributed by atoms with Gasteiger partial charge in [-0.1, -0.05) is 0 Å². The summed E-state index contributed by atoms with van der Waals surface area (Å²) in [4.78, 5) is 22.2.